The summed E-state index contributed by atoms with van der Waals surface area (Å²) < 4.78 is 7.18. The summed E-state index contributed by atoms with van der Waals surface area (Å²) in [5, 5.41) is 4.39. The average molecular weight is 259 g/mol. The summed E-state index contributed by atoms with van der Waals surface area (Å²) >= 11 is 0. The Hall–Kier alpha value is -1.97. The van der Waals surface area contributed by atoms with Crippen LogP contribution in [0.2, 0.25) is 0 Å². The van der Waals surface area contributed by atoms with Crippen LogP contribution in [0.1, 0.15) is 22.4 Å². The normalized spacial score (nSPS) is 10.8. The smallest absolute Gasteiger partial charge is 0.129 e. The molecule has 19 heavy (non-hydrogen) atoms. The second-order valence-electron chi connectivity index (χ2n) is 4.99. The van der Waals surface area contributed by atoms with E-state index in [2.05, 4.69) is 31.9 Å². The summed E-state index contributed by atoms with van der Waals surface area (Å²) in [6.45, 7) is 8.21. The zero-order valence-electron chi connectivity index (χ0n) is 12.5. The highest BCUT2D eigenvalue weighted by Crippen LogP contribution is 2.37. The molecule has 1 aromatic heterocycles. The van der Waals surface area contributed by atoms with Crippen LogP contribution in [-0.4, -0.2) is 16.9 Å². The minimum Gasteiger partial charge on any atom is -0.496 e. The van der Waals surface area contributed by atoms with Gasteiger partial charge in [-0.3, -0.25) is 4.68 Å². The second-order valence-corrected chi connectivity index (χ2v) is 4.99. The van der Waals surface area contributed by atoms with Crippen molar-refractivity contribution in [2.75, 3.05) is 12.8 Å². The average Bonchev–Trinajstić information content (AvgIpc) is 2.59. The predicted octanol–water partition coefficient (Wildman–Crippen LogP) is 2.91. The molecule has 1 heterocycles. The first-order valence-corrected chi connectivity index (χ1v) is 6.32. The molecule has 2 rings (SSSR count). The first kappa shape index (κ1) is 13.5. The molecule has 102 valence electrons. The third-order valence-electron chi connectivity index (χ3n) is 3.77. The van der Waals surface area contributed by atoms with Gasteiger partial charge in [-0.15, -0.1) is 0 Å². The molecule has 0 atom stereocenters. The fourth-order valence-corrected chi connectivity index (χ4v) is 2.64. The lowest BCUT2D eigenvalue weighted by Crippen LogP contribution is -2.00. The van der Waals surface area contributed by atoms with Crippen molar-refractivity contribution in [2.24, 2.45) is 7.05 Å². The SMILES string of the molecule is COc1c(C)cc(-c2c(C)nn(C)c2N)c(C)c1C. The van der Waals surface area contributed by atoms with Crippen molar-refractivity contribution >= 4 is 5.82 Å². The first-order valence-electron chi connectivity index (χ1n) is 6.32. The Labute approximate surface area is 114 Å². The molecule has 0 aliphatic carbocycles. The van der Waals surface area contributed by atoms with Crippen LogP contribution in [0.4, 0.5) is 5.82 Å². The standard InChI is InChI=1S/C15H21N3O/c1-8-7-12(9(2)10(3)14(8)19-6)13-11(4)17-18(5)15(13)16/h7H,16H2,1-6H3. The lowest BCUT2D eigenvalue weighted by molar-refractivity contribution is 0.408. The molecule has 4 heteroatoms. The third-order valence-corrected chi connectivity index (χ3v) is 3.77. The number of anilines is 1. The number of nitrogen functional groups attached to an aromatic ring is 1. The number of methoxy groups -OCH3 is 1. The van der Waals surface area contributed by atoms with Crippen molar-refractivity contribution in [2.45, 2.75) is 27.7 Å². The van der Waals surface area contributed by atoms with E-state index in [0.29, 0.717) is 5.82 Å². The highest BCUT2D eigenvalue weighted by molar-refractivity contribution is 5.81. The number of benzene rings is 1. The molecule has 0 saturated heterocycles. The largest absolute Gasteiger partial charge is 0.496 e. The zero-order chi connectivity index (χ0) is 14.3. The molecular formula is C15H21N3O. The van der Waals surface area contributed by atoms with Gasteiger partial charge in [0.05, 0.1) is 12.8 Å². The Morgan fingerprint density at radius 1 is 1.16 bits per heavy atom. The zero-order valence-corrected chi connectivity index (χ0v) is 12.5. The number of nitrogens with zero attached hydrogens (tertiary/aromatic N) is 2. The van der Waals surface area contributed by atoms with Gasteiger partial charge in [0, 0.05) is 12.6 Å². The summed E-state index contributed by atoms with van der Waals surface area (Å²) in [6.07, 6.45) is 0. The van der Waals surface area contributed by atoms with Crippen LogP contribution in [0.3, 0.4) is 0 Å². The minimum absolute atomic E-state index is 0.699. The Morgan fingerprint density at radius 2 is 1.79 bits per heavy atom. The van der Waals surface area contributed by atoms with Gasteiger partial charge in [0.2, 0.25) is 0 Å². The molecule has 0 radical (unpaired) electrons. The van der Waals surface area contributed by atoms with E-state index in [1.165, 1.54) is 5.56 Å². The molecule has 0 spiro atoms. The van der Waals surface area contributed by atoms with Crippen LogP contribution in [0.25, 0.3) is 11.1 Å². The maximum Gasteiger partial charge on any atom is 0.129 e. The molecule has 0 fully saturated rings. The fourth-order valence-electron chi connectivity index (χ4n) is 2.64. The van der Waals surface area contributed by atoms with Crippen molar-refractivity contribution in [3.63, 3.8) is 0 Å². The van der Waals surface area contributed by atoms with Crippen LogP contribution in [0.5, 0.6) is 5.75 Å². The summed E-state index contributed by atoms with van der Waals surface area (Å²) in [5.74, 6) is 1.64. The molecule has 2 N–H and O–H groups in total. The Morgan fingerprint density at radius 3 is 2.26 bits per heavy atom. The first-order chi connectivity index (χ1) is 8.88. The van der Waals surface area contributed by atoms with Crippen molar-refractivity contribution in [1.82, 2.24) is 9.78 Å². The number of nitrogens with two attached hydrogens (primary N) is 1. The van der Waals surface area contributed by atoms with Crippen LogP contribution < -0.4 is 10.5 Å². The van der Waals surface area contributed by atoms with Crippen molar-refractivity contribution in [3.8, 4) is 16.9 Å². The van der Waals surface area contributed by atoms with Gasteiger partial charge in [0.15, 0.2) is 0 Å². The highest BCUT2D eigenvalue weighted by atomic mass is 16.5. The summed E-state index contributed by atoms with van der Waals surface area (Å²) in [6, 6.07) is 2.13. The highest BCUT2D eigenvalue weighted by Gasteiger charge is 2.18. The molecule has 0 unspecified atom stereocenters. The maximum absolute atomic E-state index is 6.14. The number of ether oxygens (including phenoxy) is 1. The van der Waals surface area contributed by atoms with Crippen LogP contribution in [0.15, 0.2) is 6.07 Å². The van der Waals surface area contributed by atoms with Gasteiger partial charge in [-0.25, -0.2) is 0 Å². The number of aryl methyl sites for hydroxylation is 3. The second kappa shape index (κ2) is 4.61. The van der Waals surface area contributed by atoms with Gasteiger partial charge in [0.1, 0.15) is 11.6 Å². The summed E-state index contributed by atoms with van der Waals surface area (Å²) in [4.78, 5) is 0. The molecule has 0 amide bonds. The predicted molar refractivity (Wildman–Crippen MR) is 78.6 cm³/mol. The number of hydrogen-bond acceptors (Lipinski definition) is 3. The fraction of sp³-hybridized carbons (Fsp3) is 0.400. The minimum atomic E-state index is 0.699. The molecule has 0 aliphatic heterocycles. The van der Waals surface area contributed by atoms with Gasteiger partial charge in [-0.2, -0.15) is 5.10 Å². The monoisotopic (exact) mass is 259 g/mol. The number of hydrogen-bond donors (Lipinski definition) is 1. The van der Waals surface area contributed by atoms with Gasteiger partial charge < -0.3 is 10.5 Å². The molecule has 0 saturated carbocycles. The van der Waals surface area contributed by atoms with E-state index in [4.69, 9.17) is 10.5 Å². The van der Waals surface area contributed by atoms with Gasteiger partial charge in [-0.1, -0.05) is 0 Å². The van der Waals surface area contributed by atoms with Crippen molar-refractivity contribution in [1.29, 1.82) is 0 Å². The third kappa shape index (κ3) is 1.97. The van der Waals surface area contributed by atoms with E-state index in [0.717, 1.165) is 33.7 Å². The van der Waals surface area contributed by atoms with E-state index < -0.39 is 0 Å². The van der Waals surface area contributed by atoms with Gasteiger partial charge in [0.25, 0.3) is 0 Å². The molecular weight excluding hydrogens is 238 g/mol. The molecule has 2 aromatic rings. The van der Waals surface area contributed by atoms with E-state index in [1.54, 1.807) is 11.8 Å². The van der Waals surface area contributed by atoms with E-state index in [9.17, 15) is 0 Å². The lowest BCUT2D eigenvalue weighted by Gasteiger charge is -2.16. The van der Waals surface area contributed by atoms with E-state index >= 15 is 0 Å². The molecule has 1 aromatic carbocycles. The van der Waals surface area contributed by atoms with Crippen molar-refractivity contribution < 1.29 is 4.74 Å². The van der Waals surface area contributed by atoms with Gasteiger partial charge >= 0.3 is 0 Å². The molecule has 4 nitrogen and oxygen atoms in total. The summed E-state index contributed by atoms with van der Waals surface area (Å²) in [7, 11) is 3.57. The maximum atomic E-state index is 6.14. The van der Waals surface area contributed by atoms with Crippen LogP contribution >= 0.6 is 0 Å². The van der Waals surface area contributed by atoms with Gasteiger partial charge in [-0.05, 0) is 56.0 Å². The number of rotatable bonds is 2. The van der Waals surface area contributed by atoms with Crippen LogP contribution in [-0.2, 0) is 7.05 Å². The molecule has 0 aliphatic rings. The van der Waals surface area contributed by atoms with Crippen LogP contribution in [0, 0.1) is 27.7 Å². The topological polar surface area (TPSA) is 53.1 Å². The lowest BCUT2D eigenvalue weighted by atomic mass is 9.93. The van der Waals surface area contributed by atoms with Crippen molar-refractivity contribution in [3.05, 3.63) is 28.5 Å². The number of aromatic nitrogens is 2. The quantitative estimate of drug-likeness (QED) is 0.902. The summed E-state index contributed by atoms with van der Waals surface area (Å²) in [5.41, 5.74) is 12.7. The Balaban J connectivity index is 2.77. The Kier molecular flexibility index (Phi) is 3.27. The van der Waals surface area contributed by atoms with E-state index in [-0.39, 0.29) is 0 Å². The molecule has 0 bridgehead atoms. The van der Waals surface area contributed by atoms with E-state index in [1.807, 2.05) is 14.0 Å². The Bertz CT molecular complexity index is 642.